The normalized spacial score (nSPS) is 16.2. The Balaban J connectivity index is 1.92. The average molecular weight is 246 g/mol. The van der Waals surface area contributed by atoms with Gasteiger partial charge in [-0.1, -0.05) is 0 Å². The first kappa shape index (κ1) is 14.4. The number of carbonyl (C=O) groups is 1. The Morgan fingerprint density at radius 3 is 2.76 bits per heavy atom. The molecule has 0 unspecified atom stereocenters. The molecule has 0 bridgehead atoms. The van der Waals surface area contributed by atoms with Crippen LogP contribution in [-0.4, -0.2) is 75.1 Å². The Morgan fingerprint density at radius 2 is 2.06 bits per heavy atom. The Morgan fingerprint density at radius 1 is 1.29 bits per heavy atom. The van der Waals surface area contributed by atoms with E-state index in [1.54, 1.807) is 0 Å². The van der Waals surface area contributed by atoms with Gasteiger partial charge >= 0.3 is 0 Å². The highest BCUT2D eigenvalue weighted by Crippen LogP contribution is 1.99. The molecule has 1 amide bonds. The third-order valence-corrected chi connectivity index (χ3v) is 2.54. The number of carbonyl (C=O) groups excluding carboxylic acids is 1. The lowest BCUT2D eigenvalue weighted by atomic mass is 10.3. The molecule has 1 aliphatic heterocycles. The van der Waals surface area contributed by atoms with Crippen molar-refractivity contribution in [2.75, 3.05) is 59.2 Å². The summed E-state index contributed by atoms with van der Waals surface area (Å²) in [4.78, 5) is 13.5. The molecule has 1 fully saturated rings. The van der Waals surface area contributed by atoms with Crippen LogP contribution in [0, 0.1) is 0 Å². The lowest BCUT2D eigenvalue weighted by Crippen LogP contribution is -2.41. The summed E-state index contributed by atoms with van der Waals surface area (Å²) in [5.74, 6) is 0.178. The van der Waals surface area contributed by atoms with Crippen LogP contribution < -0.4 is 5.32 Å². The Kier molecular flexibility index (Phi) is 7.91. The summed E-state index contributed by atoms with van der Waals surface area (Å²) in [5, 5.41) is 11.6. The minimum absolute atomic E-state index is 0.0511. The maximum Gasteiger partial charge on any atom is 0.224 e. The zero-order valence-electron chi connectivity index (χ0n) is 10.2. The van der Waals surface area contributed by atoms with E-state index >= 15 is 0 Å². The van der Waals surface area contributed by atoms with Gasteiger partial charge in [-0.15, -0.1) is 0 Å². The second-order valence-corrected chi connectivity index (χ2v) is 3.83. The number of aliphatic hydroxyl groups is 1. The molecule has 6 heteroatoms. The third-order valence-electron chi connectivity index (χ3n) is 2.54. The summed E-state index contributed by atoms with van der Waals surface area (Å²) in [6.07, 6.45) is 0.514. The molecule has 2 N–H and O–H groups in total. The molecule has 0 saturated carbocycles. The molecule has 0 aromatic carbocycles. The molecule has 0 aromatic heterocycles. The van der Waals surface area contributed by atoms with Gasteiger partial charge in [-0.2, -0.15) is 0 Å². The molecule has 100 valence electrons. The fourth-order valence-electron chi connectivity index (χ4n) is 1.60. The first-order chi connectivity index (χ1) is 8.34. The van der Waals surface area contributed by atoms with Gasteiger partial charge in [-0.3, -0.25) is 4.79 Å². The molecule has 17 heavy (non-hydrogen) atoms. The Bertz CT molecular complexity index is 208. The number of rotatable bonds is 8. The van der Waals surface area contributed by atoms with E-state index in [2.05, 4.69) is 5.32 Å². The third kappa shape index (κ3) is 6.58. The van der Waals surface area contributed by atoms with Crippen LogP contribution in [0.2, 0.25) is 0 Å². The SMILES string of the molecule is O=C(CCNCCOCCO)N1CCOCC1. The number of aliphatic hydroxyl groups excluding tert-OH is 1. The van der Waals surface area contributed by atoms with Crippen molar-refractivity contribution in [3.05, 3.63) is 0 Å². The predicted octanol–water partition coefficient (Wildman–Crippen LogP) is -1.17. The van der Waals surface area contributed by atoms with Crippen molar-refractivity contribution in [3.8, 4) is 0 Å². The van der Waals surface area contributed by atoms with Crippen LogP contribution in [-0.2, 0) is 14.3 Å². The van der Waals surface area contributed by atoms with Crippen LogP contribution in [0.15, 0.2) is 0 Å². The predicted molar refractivity (Wildman–Crippen MR) is 62.8 cm³/mol. The van der Waals surface area contributed by atoms with Crippen LogP contribution in [0.3, 0.4) is 0 Å². The van der Waals surface area contributed by atoms with Crippen molar-refractivity contribution in [1.29, 1.82) is 0 Å². The summed E-state index contributed by atoms with van der Waals surface area (Å²) in [6, 6.07) is 0. The molecule has 1 saturated heterocycles. The lowest BCUT2D eigenvalue weighted by Gasteiger charge is -2.26. The maximum absolute atomic E-state index is 11.7. The highest BCUT2D eigenvalue weighted by atomic mass is 16.5. The van der Waals surface area contributed by atoms with Gasteiger partial charge in [-0.05, 0) is 0 Å². The summed E-state index contributed by atoms with van der Waals surface area (Å²) >= 11 is 0. The Labute approximate surface area is 102 Å². The van der Waals surface area contributed by atoms with Crippen LogP contribution in [0.1, 0.15) is 6.42 Å². The topological polar surface area (TPSA) is 71.0 Å². The van der Waals surface area contributed by atoms with Crippen molar-refractivity contribution in [1.82, 2.24) is 10.2 Å². The minimum Gasteiger partial charge on any atom is -0.394 e. The van der Waals surface area contributed by atoms with Gasteiger partial charge in [0.25, 0.3) is 0 Å². The van der Waals surface area contributed by atoms with Crippen molar-refractivity contribution in [2.45, 2.75) is 6.42 Å². The molecule has 0 spiro atoms. The summed E-state index contributed by atoms with van der Waals surface area (Å²) in [5.41, 5.74) is 0. The molecular formula is C11H22N2O4. The smallest absolute Gasteiger partial charge is 0.224 e. The van der Waals surface area contributed by atoms with Gasteiger partial charge < -0.3 is 24.8 Å². The maximum atomic E-state index is 11.7. The molecule has 1 rings (SSSR count). The first-order valence-corrected chi connectivity index (χ1v) is 6.09. The number of nitrogens with one attached hydrogen (secondary N) is 1. The average Bonchev–Trinajstić information content (AvgIpc) is 2.38. The molecule has 0 aliphatic carbocycles. The molecule has 0 aromatic rings. The number of hydrogen-bond donors (Lipinski definition) is 2. The van der Waals surface area contributed by atoms with E-state index in [0.29, 0.717) is 59.0 Å². The van der Waals surface area contributed by atoms with E-state index in [0.717, 1.165) is 0 Å². The fourth-order valence-corrected chi connectivity index (χ4v) is 1.60. The van der Waals surface area contributed by atoms with E-state index in [9.17, 15) is 4.79 Å². The van der Waals surface area contributed by atoms with Crippen LogP contribution in [0.4, 0.5) is 0 Å². The fraction of sp³-hybridized carbons (Fsp3) is 0.909. The van der Waals surface area contributed by atoms with E-state index < -0.39 is 0 Å². The summed E-state index contributed by atoms with van der Waals surface area (Å²) in [7, 11) is 0. The van der Waals surface area contributed by atoms with Crippen molar-refractivity contribution < 1.29 is 19.4 Å². The van der Waals surface area contributed by atoms with Crippen LogP contribution in [0.25, 0.3) is 0 Å². The van der Waals surface area contributed by atoms with Crippen LogP contribution >= 0.6 is 0 Å². The van der Waals surface area contributed by atoms with Gasteiger partial charge in [0.15, 0.2) is 0 Å². The number of amides is 1. The zero-order chi connectivity index (χ0) is 12.3. The standard InChI is InChI=1S/C11H22N2O4/c14-6-10-16-7-3-12-2-1-11(15)13-4-8-17-9-5-13/h12,14H,1-10H2. The lowest BCUT2D eigenvalue weighted by molar-refractivity contribution is -0.135. The van der Waals surface area contributed by atoms with Gasteiger partial charge in [0.05, 0.1) is 33.0 Å². The second kappa shape index (κ2) is 9.35. The molecule has 0 radical (unpaired) electrons. The van der Waals surface area contributed by atoms with Gasteiger partial charge in [0.2, 0.25) is 5.91 Å². The summed E-state index contributed by atoms with van der Waals surface area (Å²) < 4.78 is 10.3. The van der Waals surface area contributed by atoms with Gasteiger partial charge in [-0.25, -0.2) is 0 Å². The summed E-state index contributed by atoms with van der Waals surface area (Å²) in [6.45, 7) is 5.06. The molecule has 1 heterocycles. The molecular weight excluding hydrogens is 224 g/mol. The number of morpholine rings is 1. The monoisotopic (exact) mass is 246 g/mol. The molecule has 1 aliphatic rings. The quantitative estimate of drug-likeness (QED) is 0.528. The minimum atomic E-state index is 0.0511. The highest BCUT2D eigenvalue weighted by molar-refractivity contribution is 5.76. The van der Waals surface area contributed by atoms with Gasteiger partial charge in [0, 0.05) is 32.6 Å². The Hall–Kier alpha value is -0.690. The van der Waals surface area contributed by atoms with Crippen molar-refractivity contribution >= 4 is 5.91 Å². The van der Waals surface area contributed by atoms with Crippen molar-refractivity contribution in [3.63, 3.8) is 0 Å². The first-order valence-electron chi connectivity index (χ1n) is 6.09. The van der Waals surface area contributed by atoms with Crippen molar-refractivity contribution in [2.24, 2.45) is 0 Å². The highest BCUT2D eigenvalue weighted by Gasteiger charge is 2.15. The molecule has 0 atom stereocenters. The van der Waals surface area contributed by atoms with E-state index in [1.807, 2.05) is 4.90 Å². The zero-order valence-corrected chi connectivity index (χ0v) is 10.2. The molecule has 6 nitrogen and oxygen atoms in total. The second-order valence-electron chi connectivity index (χ2n) is 3.83. The number of nitrogens with zero attached hydrogens (tertiary/aromatic N) is 1. The number of ether oxygens (including phenoxy) is 2. The van der Waals surface area contributed by atoms with E-state index in [-0.39, 0.29) is 12.5 Å². The van der Waals surface area contributed by atoms with E-state index in [1.165, 1.54) is 0 Å². The number of hydrogen-bond acceptors (Lipinski definition) is 5. The van der Waals surface area contributed by atoms with Crippen LogP contribution in [0.5, 0.6) is 0 Å². The largest absolute Gasteiger partial charge is 0.394 e. The van der Waals surface area contributed by atoms with E-state index in [4.69, 9.17) is 14.6 Å². The van der Waals surface area contributed by atoms with Gasteiger partial charge in [0.1, 0.15) is 0 Å².